The van der Waals surface area contributed by atoms with Crippen LogP contribution in [0.2, 0.25) is 0 Å². The number of aromatic nitrogens is 2. The molecule has 2 N–H and O–H groups in total. The third kappa shape index (κ3) is 3.81. The number of hydrogen-bond donors (Lipinski definition) is 1. The molecule has 1 heterocycles. The molecule has 5 nitrogen and oxygen atoms in total. The highest BCUT2D eigenvalue weighted by Gasteiger charge is 2.11. The van der Waals surface area contributed by atoms with Gasteiger partial charge in [-0.2, -0.15) is 4.98 Å². The summed E-state index contributed by atoms with van der Waals surface area (Å²) in [5.41, 5.74) is 6.75. The van der Waals surface area contributed by atoms with Gasteiger partial charge < -0.3 is 15.0 Å². The van der Waals surface area contributed by atoms with Crippen LogP contribution in [0.1, 0.15) is 32.5 Å². The Morgan fingerprint density at radius 1 is 1.35 bits per heavy atom. The first kappa shape index (κ1) is 14.5. The lowest BCUT2D eigenvalue weighted by atomic mass is 10.1. The molecular formula is C15H21N3O2. The first-order chi connectivity index (χ1) is 9.72. The van der Waals surface area contributed by atoms with Crippen molar-refractivity contribution in [3.05, 3.63) is 30.1 Å². The standard InChI is InChI=1S/C15H21N3O2/c1-3-8-19-13-7-5-6-11(9-13)15-17-14(18-20-15)10-12(16)4-2/h5-7,9,12H,3-4,8,10,16H2,1-2H3. The van der Waals surface area contributed by atoms with Gasteiger partial charge in [-0.3, -0.25) is 0 Å². The maximum absolute atomic E-state index is 5.89. The lowest BCUT2D eigenvalue weighted by Gasteiger charge is -2.04. The smallest absolute Gasteiger partial charge is 0.258 e. The van der Waals surface area contributed by atoms with Crippen molar-refractivity contribution in [2.24, 2.45) is 5.73 Å². The molecule has 1 aromatic carbocycles. The van der Waals surface area contributed by atoms with Gasteiger partial charge in [0.1, 0.15) is 5.75 Å². The van der Waals surface area contributed by atoms with E-state index >= 15 is 0 Å². The first-order valence-electron chi connectivity index (χ1n) is 7.04. The molecular weight excluding hydrogens is 254 g/mol. The highest BCUT2D eigenvalue weighted by atomic mass is 16.5. The molecule has 0 saturated carbocycles. The number of nitrogens with zero attached hydrogens (tertiary/aromatic N) is 2. The summed E-state index contributed by atoms with van der Waals surface area (Å²) in [5, 5.41) is 3.97. The summed E-state index contributed by atoms with van der Waals surface area (Å²) in [7, 11) is 0. The van der Waals surface area contributed by atoms with Gasteiger partial charge in [-0.1, -0.05) is 25.1 Å². The van der Waals surface area contributed by atoms with E-state index in [-0.39, 0.29) is 6.04 Å². The van der Waals surface area contributed by atoms with Crippen LogP contribution in [-0.2, 0) is 6.42 Å². The molecule has 0 aliphatic rings. The van der Waals surface area contributed by atoms with E-state index in [9.17, 15) is 0 Å². The number of hydrogen-bond acceptors (Lipinski definition) is 5. The Hall–Kier alpha value is -1.88. The molecule has 5 heteroatoms. The highest BCUT2D eigenvalue weighted by molar-refractivity contribution is 5.55. The molecule has 0 aliphatic heterocycles. The summed E-state index contributed by atoms with van der Waals surface area (Å²) >= 11 is 0. The summed E-state index contributed by atoms with van der Waals surface area (Å²) in [4.78, 5) is 4.38. The number of ether oxygens (including phenoxy) is 1. The molecule has 1 atom stereocenters. The number of nitrogens with two attached hydrogens (primary N) is 1. The van der Waals surface area contributed by atoms with Crippen molar-refractivity contribution in [1.29, 1.82) is 0 Å². The summed E-state index contributed by atoms with van der Waals surface area (Å²) in [6.45, 7) is 4.81. The quantitative estimate of drug-likeness (QED) is 0.841. The fourth-order valence-corrected chi connectivity index (χ4v) is 1.77. The van der Waals surface area contributed by atoms with E-state index < -0.39 is 0 Å². The van der Waals surface area contributed by atoms with Crippen LogP contribution in [0, 0.1) is 0 Å². The van der Waals surface area contributed by atoms with E-state index in [1.165, 1.54) is 0 Å². The first-order valence-corrected chi connectivity index (χ1v) is 7.04. The van der Waals surface area contributed by atoms with Crippen LogP contribution < -0.4 is 10.5 Å². The van der Waals surface area contributed by atoms with Gasteiger partial charge in [-0.05, 0) is 31.0 Å². The molecule has 0 bridgehead atoms. The Bertz CT molecular complexity index is 539. The number of rotatable bonds is 7. The Morgan fingerprint density at radius 2 is 2.20 bits per heavy atom. The van der Waals surface area contributed by atoms with Crippen LogP contribution in [0.3, 0.4) is 0 Å². The lowest BCUT2D eigenvalue weighted by molar-refractivity contribution is 0.317. The summed E-state index contributed by atoms with van der Waals surface area (Å²) in [6.07, 6.45) is 2.50. The Morgan fingerprint density at radius 3 is 2.95 bits per heavy atom. The average Bonchev–Trinajstić information content (AvgIpc) is 2.93. The van der Waals surface area contributed by atoms with Gasteiger partial charge in [0.2, 0.25) is 0 Å². The van der Waals surface area contributed by atoms with Crippen molar-refractivity contribution in [1.82, 2.24) is 10.1 Å². The minimum Gasteiger partial charge on any atom is -0.494 e. The Labute approximate surface area is 119 Å². The largest absolute Gasteiger partial charge is 0.494 e. The minimum atomic E-state index is 0.0691. The van der Waals surface area contributed by atoms with Gasteiger partial charge in [0.15, 0.2) is 5.82 Å². The molecule has 0 radical (unpaired) electrons. The van der Waals surface area contributed by atoms with E-state index in [0.717, 1.165) is 24.2 Å². The van der Waals surface area contributed by atoms with Crippen LogP contribution in [0.5, 0.6) is 5.75 Å². The molecule has 0 fully saturated rings. The van der Waals surface area contributed by atoms with Gasteiger partial charge in [0, 0.05) is 18.0 Å². The molecule has 0 spiro atoms. The second kappa shape index (κ2) is 7.05. The molecule has 2 aromatic rings. The van der Waals surface area contributed by atoms with Crippen LogP contribution in [0.25, 0.3) is 11.5 Å². The molecule has 0 saturated heterocycles. The van der Waals surface area contributed by atoms with Crippen molar-refractivity contribution >= 4 is 0 Å². The topological polar surface area (TPSA) is 74.2 Å². The fourth-order valence-electron chi connectivity index (χ4n) is 1.77. The van der Waals surface area contributed by atoms with Crippen molar-refractivity contribution in [2.45, 2.75) is 39.2 Å². The Balaban J connectivity index is 2.11. The van der Waals surface area contributed by atoms with Gasteiger partial charge in [-0.15, -0.1) is 0 Å². The van der Waals surface area contributed by atoms with Gasteiger partial charge in [0.05, 0.1) is 6.61 Å². The van der Waals surface area contributed by atoms with Gasteiger partial charge >= 0.3 is 0 Å². The van der Waals surface area contributed by atoms with Crippen molar-refractivity contribution in [3.63, 3.8) is 0 Å². The zero-order valence-electron chi connectivity index (χ0n) is 12.0. The predicted octanol–water partition coefficient (Wildman–Crippen LogP) is 2.81. The van der Waals surface area contributed by atoms with Gasteiger partial charge in [-0.25, -0.2) is 0 Å². The third-order valence-corrected chi connectivity index (χ3v) is 2.99. The molecule has 0 amide bonds. The molecule has 0 aliphatic carbocycles. The number of benzene rings is 1. The second-order valence-electron chi connectivity index (χ2n) is 4.76. The van der Waals surface area contributed by atoms with Gasteiger partial charge in [0.25, 0.3) is 5.89 Å². The van der Waals surface area contributed by atoms with Crippen LogP contribution in [0.4, 0.5) is 0 Å². The molecule has 2 rings (SSSR count). The van der Waals surface area contributed by atoms with Crippen molar-refractivity contribution in [3.8, 4) is 17.2 Å². The van der Waals surface area contributed by atoms with Crippen LogP contribution in [-0.4, -0.2) is 22.8 Å². The van der Waals surface area contributed by atoms with E-state index in [4.69, 9.17) is 15.0 Å². The molecule has 108 valence electrons. The highest BCUT2D eigenvalue weighted by Crippen LogP contribution is 2.22. The molecule has 20 heavy (non-hydrogen) atoms. The Kier molecular flexibility index (Phi) is 5.12. The average molecular weight is 275 g/mol. The van der Waals surface area contributed by atoms with E-state index in [2.05, 4.69) is 17.1 Å². The van der Waals surface area contributed by atoms with Crippen molar-refractivity contribution in [2.75, 3.05) is 6.61 Å². The third-order valence-electron chi connectivity index (χ3n) is 2.99. The second-order valence-corrected chi connectivity index (χ2v) is 4.76. The molecule has 1 unspecified atom stereocenters. The normalized spacial score (nSPS) is 12.3. The van der Waals surface area contributed by atoms with Crippen LogP contribution >= 0.6 is 0 Å². The zero-order valence-corrected chi connectivity index (χ0v) is 12.0. The van der Waals surface area contributed by atoms with E-state index in [0.29, 0.717) is 24.7 Å². The van der Waals surface area contributed by atoms with Crippen LogP contribution in [0.15, 0.2) is 28.8 Å². The summed E-state index contributed by atoms with van der Waals surface area (Å²) in [5.74, 6) is 1.97. The van der Waals surface area contributed by atoms with E-state index in [1.807, 2.05) is 31.2 Å². The lowest BCUT2D eigenvalue weighted by Crippen LogP contribution is -2.21. The van der Waals surface area contributed by atoms with Crippen molar-refractivity contribution < 1.29 is 9.26 Å². The summed E-state index contributed by atoms with van der Waals surface area (Å²) in [6, 6.07) is 7.74. The SMILES string of the molecule is CCCOc1cccc(-c2nc(CC(N)CC)no2)c1. The maximum Gasteiger partial charge on any atom is 0.258 e. The van der Waals surface area contributed by atoms with E-state index in [1.54, 1.807) is 0 Å². The summed E-state index contributed by atoms with van der Waals surface area (Å²) < 4.78 is 10.9. The minimum absolute atomic E-state index is 0.0691. The zero-order chi connectivity index (χ0) is 14.4. The molecule has 1 aromatic heterocycles. The predicted molar refractivity (Wildman–Crippen MR) is 77.5 cm³/mol. The maximum atomic E-state index is 5.89. The monoisotopic (exact) mass is 275 g/mol. The fraction of sp³-hybridized carbons (Fsp3) is 0.467.